The molecule has 29 heavy (non-hydrogen) atoms. The van der Waals surface area contributed by atoms with Gasteiger partial charge < -0.3 is 5.32 Å². The molecule has 0 heterocycles. The lowest BCUT2D eigenvalue weighted by Gasteiger charge is -2.11. The van der Waals surface area contributed by atoms with Gasteiger partial charge in [0.25, 0.3) is 5.91 Å². The van der Waals surface area contributed by atoms with Crippen LogP contribution in [0.5, 0.6) is 0 Å². The average Bonchev–Trinajstić information content (AvgIpc) is 2.67. The van der Waals surface area contributed by atoms with E-state index >= 15 is 0 Å². The van der Waals surface area contributed by atoms with E-state index in [0.717, 1.165) is 0 Å². The highest BCUT2D eigenvalue weighted by molar-refractivity contribution is 7.80. The van der Waals surface area contributed by atoms with E-state index in [0.29, 0.717) is 26.3 Å². The smallest absolute Gasteiger partial charge is 0.257 e. The molecule has 0 fully saturated rings. The molecule has 4 N–H and O–H groups in total. The molecule has 2 aromatic rings. The number of amides is 3. The summed E-state index contributed by atoms with van der Waals surface area (Å²) in [5.74, 6) is -1.36. The summed E-state index contributed by atoms with van der Waals surface area (Å²) >= 11 is 22.5. The van der Waals surface area contributed by atoms with Gasteiger partial charge in [-0.05, 0) is 54.7 Å². The fourth-order valence-corrected chi connectivity index (χ4v) is 2.75. The first-order valence-corrected chi connectivity index (χ1v) is 9.69. The third kappa shape index (κ3) is 7.86. The monoisotopic (exact) mass is 472 g/mol. The normalized spacial score (nSPS) is 10.0. The van der Waals surface area contributed by atoms with E-state index in [1.165, 1.54) is 18.2 Å². The van der Waals surface area contributed by atoms with Crippen LogP contribution in [0.25, 0.3) is 0 Å². The van der Waals surface area contributed by atoms with Crippen LogP contribution in [-0.4, -0.2) is 22.8 Å². The molecule has 0 aromatic heterocycles. The van der Waals surface area contributed by atoms with Crippen molar-refractivity contribution in [3.63, 3.8) is 0 Å². The van der Waals surface area contributed by atoms with Gasteiger partial charge in [0.1, 0.15) is 0 Å². The molecule has 0 aliphatic heterocycles. The molecule has 0 radical (unpaired) electrons. The van der Waals surface area contributed by atoms with Crippen molar-refractivity contribution in [3.8, 4) is 0 Å². The van der Waals surface area contributed by atoms with E-state index in [9.17, 15) is 14.4 Å². The predicted molar refractivity (Wildman–Crippen MR) is 117 cm³/mol. The first-order chi connectivity index (χ1) is 13.7. The molecule has 7 nitrogen and oxygen atoms in total. The van der Waals surface area contributed by atoms with E-state index in [1.54, 1.807) is 24.3 Å². The van der Waals surface area contributed by atoms with Gasteiger partial charge in [-0.2, -0.15) is 0 Å². The van der Waals surface area contributed by atoms with Gasteiger partial charge in [-0.25, -0.2) is 0 Å². The highest BCUT2D eigenvalue weighted by Crippen LogP contribution is 2.25. The molecule has 0 aliphatic carbocycles. The third-order valence-corrected chi connectivity index (χ3v) is 4.44. The van der Waals surface area contributed by atoms with Crippen LogP contribution >= 0.6 is 47.0 Å². The Bertz CT molecular complexity index is 938. The van der Waals surface area contributed by atoms with Crippen LogP contribution in [0, 0.1) is 0 Å². The van der Waals surface area contributed by atoms with Crippen LogP contribution in [0.1, 0.15) is 23.2 Å². The summed E-state index contributed by atoms with van der Waals surface area (Å²) in [6.07, 6.45) is -0.200. The maximum atomic E-state index is 12.0. The Morgan fingerprint density at radius 1 is 0.828 bits per heavy atom. The minimum absolute atomic E-state index is 0.0869. The lowest BCUT2D eigenvalue weighted by Crippen LogP contribution is -2.48. The summed E-state index contributed by atoms with van der Waals surface area (Å²) in [4.78, 5) is 35.7. The number of thiocarbonyl (C=S) groups is 1. The molecule has 3 amide bonds. The number of hydrogen-bond acceptors (Lipinski definition) is 4. The van der Waals surface area contributed by atoms with Crippen molar-refractivity contribution in [2.45, 2.75) is 12.8 Å². The number of anilines is 1. The third-order valence-electron chi connectivity index (χ3n) is 3.43. The van der Waals surface area contributed by atoms with Gasteiger partial charge in [-0.15, -0.1) is 0 Å². The Morgan fingerprint density at radius 3 is 2.10 bits per heavy atom. The van der Waals surface area contributed by atoms with Gasteiger partial charge in [0, 0.05) is 28.5 Å². The molecule has 2 rings (SSSR count). The fraction of sp³-hybridized carbons (Fsp3) is 0.111. The van der Waals surface area contributed by atoms with Crippen molar-refractivity contribution in [2.75, 3.05) is 5.32 Å². The zero-order valence-electron chi connectivity index (χ0n) is 14.7. The first kappa shape index (κ1) is 22.9. The highest BCUT2D eigenvalue weighted by atomic mass is 35.5. The van der Waals surface area contributed by atoms with Crippen molar-refractivity contribution < 1.29 is 14.4 Å². The van der Waals surface area contributed by atoms with Gasteiger partial charge in [-0.1, -0.05) is 34.8 Å². The zero-order valence-corrected chi connectivity index (χ0v) is 17.8. The Morgan fingerprint density at radius 2 is 1.45 bits per heavy atom. The number of hydrogen-bond donors (Lipinski definition) is 4. The van der Waals surface area contributed by atoms with E-state index in [-0.39, 0.29) is 18.0 Å². The maximum Gasteiger partial charge on any atom is 0.257 e. The Labute approximate surface area is 187 Å². The summed E-state index contributed by atoms with van der Waals surface area (Å²) in [7, 11) is 0. The van der Waals surface area contributed by atoms with Crippen molar-refractivity contribution in [1.29, 1.82) is 0 Å². The lowest BCUT2D eigenvalue weighted by atomic mass is 10.2. The summed E-state index contributed by atoms with van der Waals surface area (Å²) in [6.45, 7) is 0. The Kier molecular flexibility index (Phi) is 8.66. The summed E-state index contributed by atoms with van der Waals surface area (Å²) in [5.41, 5.74) is 5.43. The van der Waals surface area contributed by atoms with Gasteiger partial charge in [0.2, 0.25) is 11.8 Å². The Balaban J connectivity index is 1.70. The van der Waals surface area contributed by atoms with E-state index in [4.69, 9.17) is 47.0 Å². The molecule has 0 bridgehead atoms. The summed E-state index contributed by atoms with van der Waals surface area (Å²) in [6, 6.07) is 10.8. The molecule has 0 saturated carbocycles. The van der Waals surface area contributed by atoms with Gasteiger partial charge in [0.15, 0.2) is 5.11 Å². The van der Waals surface area contributed by atoms with Crippen LogP contribution in [-0.2, 0) is 9.59 Å². The maximum absolute atomic E-state index is 12.0. The van der Waals surface area contributed by atoms with E-state index in [1.807, 2.05) is 0 Å². The van der Waals surface area contributed by atoms with Crippen molar-refractivity contribution in [3.05, 3.63) is 63.1 Å². The summed E-state index contributed by atoms with van der Waals surface area (Å²) in [5, 5.41) is 6.11. The molecule has 11 heteroatoms. The van der Waals surface area contributed by atoms with Crippen LogP contribution in [0.4, 0.5) is 5.69 Å². The number of benzene rings is 2. The van der Waals surface area contributed by atoms with E-state index in [2.05, 4.69) is 21.5 Å². The predicted octanol–water partition coefficient (Wildman–Crippen LogP) is 3.70. The molecule has 0 aliphatic rings. The molecule has 0 saturated heterocycles. The first-order valence-electron chi connectivity index (χ1n) is 8.15. The zero-order chi connectivity index (χ0) is 21.4. The number of carbonyl (C=O) groups is 3. The fourth-order valence-electron chi connectivity index (χ4n) is 2.03. The SMILES string of the molecule is O=C(CCC(=O)Nc1ccc(Cl)cc1Cl)NNC(=S)NC(=O)c1ccc(Cl)cc1. The van der Waals surface area contributed by atoms with Crippen LogP contribution < -0.4 is 21.5 Å². The largest absolute Gasteiger partial charge is 0.325 e. The molecule has 0 unspecified atom stereocenters. The number of nitrogens with one attached hydrogen (secondary N) is 4. The molecule has 0 spiro atoms. The topological polar surface area (TPSA) is 99.3 Å². The summed E-state index contributed by atoms with van der Waals surface area (Å²) < 4.78 is 0. The molecular formula is C18H15Cl3N4O3S. The van der Waals surface area contributed by atoms with Gasteiger partial charge in [0.05, 0.1) is 10.7 Å². The van der Waals surface area contributed by atoms with Crippen LogP contribution in [0.3, 0.4) is 0 Å². The van der Waals surface area contributed by atoms with Crippen LogP contribution in [0.15, 0.2) is 42.5 Å². The second-order valence-electron chi connectivity index (χ2n) is 5.64. The standard InChI is InChI=1S/C18H15Cl3N4O3S/c19-11-3-1-10(2-4-11)17(28)23-18(29)25-24-16(27)8-7-15(26)22-14-6-5-12(20)9-13(14)21/h1-6,9H,7-8H2,(H,22,26)(H,24,27)(H2,23,25,28,29). The van der Waals surface area contributed by atoms with Crippen molar-refractivity contribution in [1.82, 2.24) is 16.2 Å². The molecule has 152 valence electrons. The highest BCUT2D eigenvalue weighted by Gasteiger charge is 2.11. The lowest BCUT2D eigenvalue weighted by molar-refractivity contribution is -0.124. The minimum Gasteiger partial charge on any atom is -0.325 e. The van der Waals surface area contributed by atoms with E-state index < -0.39 is 17.7 Å². The Hall–Kier alpha value is -2.39. The van der Waals surface area contributed by atoms with Crippen molar-refractivity contribution in [2.24, 2.45) is 0 Å². The average molecular weight is 474 g/mol. The minimum atomic E-state index is -0.495. The number of hydrazine groups is 1. The number of carbonyl (C=O) groups excluding carboxylic acids is 3. The van der Waals surface area contributed by atoms with Gasteiger partial charge in [-0.3, -0.25) is 30.6 Å². The quantitative estimate of drug-likeness (QED) is 0.392. The number of rotatable bonds is 5. The second-order valence-corrected chi connectivity index (χ2v) is 7.32. The van der Waals surface area contributed by atoms with Crippen LogP contribution in [0.2, 0.25) is 15.1 Å². The number of halogens is 3. The second kappa shape index (κ2) is 11.0. The molecule has 0 atom stereocenters. The van der Waals surface area contributed by atoms with Crippen molar-refractivity contribution >= 4 is 75.5 Å². The molecule has 2 aromatic carbocycles. The molecular weight excluding hydrogens is 459 g/mol. The van der Waals surface area contributed by atoms with Gasteiger partial charge >= 0.3 is 0 Å².